The standard InChI is InChI=1S/C15H20N2O3/c1-17(15(18)12-3-2-6-16-12)10-11-4-5-13-14(9-11)20-8-7-19-13/h4-5,9,12,16H,2-3,6-8,10H2,1H3/t12-/m0/s1. The summed E-state index contributed by atoms with van der Waals surface area (Å²) in [4.78, 5) is 14.0. The Kier molecular flexibility index (Phi) is 3.78. The molecule has 1 saturated heterocycles. The number of rotatable bonds is 3. The predicted molar refractivity (Wildman–Crippen MR) is 74.9 cm³/mol. The summed E-state index contributed by atoms with van der Waals surface area (Å²) in [6.45, 7) is 2.71. The molecule has 5 heteroatoms. The van der Waals surface area contributed by atoms with E-state index in [0.717, 1.165) is 36.4 Å². The zero-order valence-corrected chi connectivity index (χ0v) is 11.7. The molecule has 0 aliphatic carbocycles. The quantitative estimate of drug-likeness (QED) is 0.900. The van der Waals surface area contributed by atoms with Crippen molar-refractivity contribution < 1.29 is 14.3 Å². The van der Waals surface area contributed by atoms with E-state index in [-0.39, 0.29) is 11.9 Å². The molecule has 0 bridgehead atoms. The normalized spacial score (nSPS) is 20.8. The van der Waals surface area contributed by atoms with Gasteiger partial charge in [-0.2, -0.15) is 0 Å². The Hall–Kier alpha value is -1.75. The highest BCUT2D eigenvalue weighted by Gasteiger charge is 2.25. The van der Waals surface area contributed by atoms with Gasteiger partial charge < -0.3 is 19.7 Å². The van der Waals surface area contributed by atoms with Crippen molar-refractivity contribution in [2.45, 2.75) is 25.4 Å². The third-order valence-corrected chi connectivity index (χ3v) is 3.76. The molecule has 1 atom stereocenters. The van der Waals surface area contributed by atoms with E-state index in [4.69, 9.17) is 9.47 Å². The smallest absolute Gasteiger partial charge is 0.239 e. The first-order chi connectivity index (χ1) is 9.74. The van der Waals surface area contributed by atoms with Crippen molar-refractivity contribution in [2.75, 3.05) is 26.8 Å². The maximum Gasteiger partial charge on any atom is 0.239 e. The van der Waals surface area contributed by atoms with Crippen molar-refractivity contribution >= 4 is 5.91 Å². The number of benzene rings is 1. The van der Waals surface area contributed by atoms with Crippen molar-refractivity contribution in [1.29, 1.82) is 0 Å². The monoisotopic (exact) mass is 276 g/mol. The molecule has 3 rings (SSSR count). The maximum absolute atomic E-state index is 12.2. The Labute approximate surface area is 118 Å². The van der Waals surface area contributed by atoms with Crippen molar-refractivity contribution in [2.24, 2.45) is 0 Å². The van der Waals surface area contributed by atoms with Gasteiger partial charge in [0, 0.05) is 13.6 Å². The minimum Gasteiger partial charge on any atom is -0.486 e. The van der Waals surface area contributed by atoms with Crippen LogP contribution in [0.3, 0.4) is 0 Å². The molecule has 1 aromatic carbocycles. The van der Waals surface area contributed by atoms with Gasteiger partial charge in [-0.25, -0.2) is 0 Å². The molecule has 0 spiro atoms. The first-order valence-electron chi connectivity index (χ1n) is 7.11. The molecule has 1 N–H and O–H groups in total. The van der Waals surface area contributed by atoms with Crippen LogP contribution < -0.4 is 14.8 Å². The molecule has 0 aromatic heterocycles. The summed E-state index contributed by atoms with van der Waals surface area (Å²) in [5, 5.41) is 3.24. The highest BCUT2D eigenvalue weighted by molar-refractivity contribution is 5.81. The number of ether oxygens (including phenoxy) is 2. The molecule has 0 unspecified atom stereocenters. The number of carbonyl (C=O) groups excluding carboxylic acids is 1. The molecule has 5 nitrogen and oxygen atoms in total. The van der Waals surface area contributed by atoms with Crippen LogP contribution in [0.25, 0.3) is 0 Å². The van der Waals surface area contributed by atoms with E-state index in [1.54, 1.807) is 4.90 Å². The van der Waals surface area contributed by atoms with E-state index >= 15 is 0 Å². The van der Waals surface area contributed by atoms with E-state index < -0.39 is 0 Å². The molecule has 2 aliphatic heterocycles. The number of carbonyl (C=O) groups is 1. The molecular weight excluding hydrogens is 256 g/mol. The molecule has 2 heterocycles. The van der Waals surface area contributed by atoms with Gasteiger partial charge in [0.15, 0.2) is 11.5 Å². The zero-order valence-electron chi connectivity index (χ0n) is 11.7. The van der Waals surface area contributed by atoms with Gasteiger partial charge in [0.25, 0.3) is 0 Å². The molecule has 20 heavy (non-hydrogen) atoms. The van der Waals surface area contributed by atoms with Crippen LogP contribution in [0.5, 0.6) is 11.5 Å². The number of nitrogens with zero attached hydrogens (tertiary/aromatic N) is 1. The second-order valence-electron chi connectivity index (χ2n) is 5.32. The summed E-state index contributed by atoms with van der Waals surface area (Å²) >= 11 is 0. The van der Waals surface area contributed by atoms with Gasteiger partial charge in [-0.05, 0) is 37.1 Å². The number of hydrogen-bond donors (Lipinski definition) is 1. The minimum absolute atomic E-state index is 0.0165. The van der Waals surface area contributed by atoms with Crippen molar-refractivity contribution in [3.8, 4) is 11.5 Å². The number of amides is 1. The Bertz CT molecular complexity index is 498. The van der Waals surface area contributed by atoms with Crippen LogP contribution in [-0.2, 0) is 11.3 Å². The third kappa shape index (κ3) is 2.72. The summed E-state index contributed by atoms with van der Waals surface area (Å²) in [5.41, 5.74) is 1.06. The Morgan fingerprint density at radius 1 is 1.35 bits per heavy atom. The molecule has 0 radical (unpaired) electrons. The molecule has 0 saturated carbocycles. The fourth-order valence-corrected chi connectivity index (χ4v) is 2.70. The summed E-state index contributed by atoms with van der Waals surface area (Å²) < 4.78 is 11.1. The first kappa shape index (κ1) is 13.2. The van der Waals surface area contributed by atoms with E-state index in [9.17, 15) is 4.79 Å². The highest BCUT2D eigenvalue weighted by atomic mass is 16.6. The topological polar surface area (TPSA) is 50.8 Å². The highest BCUT2D eigenvalue weighted by Crippen LogP contribution is 2.31. The lowest BCUT2D eigenvalue weighted by molar-refractivity contribution is -0.132. The van der Waals surface area contributed by atoms with Crippen molar-refractivity contribution in [3.63, 3.8) is 0 Å². The van der Waals surface area contributed by atoms with Crippen LogP contribution in [0.4, 0.5) is 0 Å². The van der Waals surface area contributed by atoms with E-state index in [0.29, 0.717) is 19.8 Å². The van der Waals surface area contributed by atoms with Crippen LogP contribution in [0, 0.1) is 0 Å². The first-order valence-corrected chi connectivity index (χ1v) is 7.11. The van der Waals surface area contributed by atoms with Crippen LogP contribution in [0.15, 0.2) is 18.2 Å². The van der Waals surface area contributed by atoms with Gasteiger partial charge in [-0.15, -0.1) is 0 Å². The predicted octanol–water partition coefficient (Wildman–Crippen LogP) is 1.17. The second kappa shape index (κ2) is 5.71. The third-order valence-electron chi connectivity index (χ3n) is 3.76. The van der Waals surface area contributed by atoms with Crippen molar-refractivity contribution in [3.05, 3.63) is 23.8 Å². The molecule has 108 valence electrons. The largest absolute Gasteiger partial charge is 0.486 e. The van der Waals surface area contributed by atoms with Crippen LogP contribution >= 0.6 is 0 Å². The lowest BCUT2D eigenvalue weighted by Crippen LogP contribution is -2.41. The lowest BCUT2D eigenvalue weighted by Gasteiger charge is -2.23. The molecule has 1 aromatic rings. The SMILES string of the molecule is CN(Cc1ccc2c(c1)OCCO2)C(=O)[C@@H]1CCCN1. The second-order valence-corrected chi connectivity index (χ2v) is 5.32. The summed E-state index contributed by atoms with van der Waals surface area (Å²) in [6, 6.07) is 5.84. The molecule has 1 fully saturated rings. The van der Waals surface area contributed by atoms with E-state index in [2.05, 4.69) is 5.32 Å². The van der Waals surface area contributed by atoms with Crippen LogP contribution in [0.2, 0.25) is 0 Å². The van der Waals surface area contributed by atoms with Crippen LogP contribution in [-0.4, -0.2) is 43.7 Å². The number of fused-ring (bicyclic) bond motifs is 1. The van der Waals surface area contributed by atoms with Crippen molar-refractivity contribution in [1.82, 2.24) is 10.2 Å². The Balaban J connectivity index is 1.66. The number of likely N-dealkylation sites (N-methyl/N-ethyl adjacent to an activating group) is 1. The Morgan fingerprint density at radius 2 is 2.15 bits per heavy atom. The Morgan fingerprint density at radius 3 is 2.90 bits per heavy atom. The van der Waals surface area contributed by atoms with Gasteiger partial charge >= 0.3 is 0 Å². The van der Waals surface area contributed by atoms with Gasteiger partial charge in [0.1, 0.15) is 13.2 Å². The minimum atomic E-state index is -0.0165. The average molecular weight is 276 g/mol. The van der Waals surface area contributed by atoms with Gasteiger partial charge in [0.2, 0.25) is 5.91 Å². The average Bonchev–Trinajstić information content (AvgIpc) is 3.00. The van der Waals surface area contributed by atoms with Gasteiger partial charge in [-0.1, -0.05) is 6.07 Å². The summed E-state index contributed by atoms with van der Waals surface area (Å²) in [7, 11) is 1.85. The van der Waals surface area contributed by atoms with E-state index in [1.165, 1.54) is 0 Å². The van der Waals surface area contributed by atoms with Gasteiger partial charge in [0.05, 0.1) is 6.04 Å². The van der Waals surface area contributed by atoms with E-state index in [1.807, 2.05) is 25.2 Å². The molecule has 2 aliphatic rings. The fourth-order valence-electron chi connectivity index (χ4n) is 2.70. The van der Waals surface area contributed by atoms with Crippen LogP contribution in [0.1, 0.15) is 18.4 Å². The molecular formula is C15H20N2O3. The summed E-state index contributed by atoms with van der Waals surface area (Å²) in [5.74, 6) is 1.72. The zero-order chi connectivity index (χ0) is 13.9. The molecule has 1 amide bonds. The fraction of sp³-hybridized carbons (Fsp3) is 0.533. The van der Waals surface area contributed by atoms with Gasteiger partial charge in [-0.3, -0.25) is 4.79 Å². The number of nitrogens with one attached hydrogen (secondary N) is 1. The maximum atomic E-state index is 12.2. The lowest BCUT2D eigenvalue weighted by atomic mass is 10.1. The summed E-state index contributed by atoms with van der Waals surface area (Å²) in [6.07, 6.45) is 2.01. The number of hydrogen-bond acceptors (Lipinski definition) is 4.